The van der Waals surface area contributed by atoms with E-state index >= 15 is 0 Å². The number of nitrogens with zero attached hydrogens (tertiary/aromatic N) is 1. The highest BCUT2D eigenvalue weighted by molar-refractivity contribution is 7.89. The fourth-order valence-corrected chi connectivity index (χ4v) is 4.62. The highest BCUT2D eigenvalue weighted by atomic mass is 32.2. The molecule has 25 heavy (non-hydrogen) atoms. The number of nitrogens with one attached hydrogen (secondary N) is 1. The second-order valence-electron chi connectivity index (χ2n) is 6.45. The number of amides is 1. The van der Waals surface area contributed by atoms with Gasteiger partial charge in [-0.3, -0.25) is 4.79 Å². The fourth-order valence-electron chi connectivity index (χ4n) is 3.02. The van der Waals surface area contributed by atoms with Crippen molar-refractivity contribution in [3.05, 3.63) is 60.2 Å². The van der Waals surface area contributed by atoms with E-state index in [1.54, 1.807) is 52.8 Å². The summed E-state index contributed by atoms with van der Waals surface area (Å²) in [6, 6.07) is 15.2. The quantitative estimate of drug-likeness (QED) is 0.911. The Bertz CT molecular complexity index is 833. The number of hydrogen-bond acceptors (Lipinski definition) is 3. The average Bonchev–Trinajstić information content (AvgIpc) is 2.63. The van der Waals surface area contributed by atoms with E-state index in [4.69, 9.17) is 0 Å². The first-order valence-electron chi connectivity index (χ1n) is 8.43. The number of carbonyl (C=O) groups excluding carboxylic acids is 1. The maximum absolute atomic E-state index is 12.7. The average molecular weight is 358 g/mol. The molecular formula is C19H22N2O3S. The lowest BCUT2D eigenvalue weighted by molar-refractivity contribution is 0.102. The highest BCUT2D eigenvalue weighted by Crippen LogP contribution is 2.24. The van der Waals surface area contributed by atoms with Gasteiger partial charge in [0.2, 0.25) is 10.0 Å². The van der Waals surface area contributed by atoms with Gasteiger partial charge in [0.15, 0.2) is 0 Å². The molecule has 1 amide bonds. The lowest BCUT2D eigenvalue weighted by atomic mass is 10.0. The zero-order valence-electron chi connectivity index (χ0n) is 14.2. The minimum Gasteiger partial charge on any atom is -0.322 e. The number of piperidine rings is 1. The van der Waals surface area contributed by atoms with Gasteiger partial charge in [0.25, 0.3) is 5.91 Å². The molecule has 1 fully saturated rings. The number of rotatable bonds is 4. The van der Waals surface area contributed by atoms with Crippen LogP contribution in [0.2, 0.25) is 0 Å². The number of carbonyl (C=O) groups is 1. The van der Waals surface area contributed by atoms with Crippen LogP contribution in [0.3, 0.4) is 0 Å². The van der Waals surface area contributed by atoms with Gasteiger partial charge in [-0.1, -0.05) is 25.1 Å². The lowest BCUT2D eigenvalue weighted by Crippen LogP contribution is -2.39. The minimum absolute atomic E-state index is 0.221. The summed E-state index contributed by atoms with van der Waals surface area (Å²) < 4.78 is 27.0. The van der Waals surface area contributed by atoms with Gasteiger partial charge in [-0.2, -0.15) is 4.31 Å². The molecule has 2 aromatic rings. The van der Waals surface area contributed by atoms with Crippen LogP contribution in [0.4, 0.5) is 5.69 Å². The molecule has 1 atom stereocenters. The molecule has 0 bridgehead atoms. The zero-order valence-corrected chi connectivity index (χ0v) is 15.0. The van der Waals surface area contributed by atoms with Gasteiger partial charge in [-0.05, 0) is 55.2 Å². The van der Waals surface area contributed by atoms with Crippen molar-refractivity contribution in [3.63, 3.8) is 0 Å². The first-order valence-corrected chi connectivity index (χ1v) is 9.87. The molecule has 0 spiro atoms. The molecule has 1 saturated heterocycles. The monoisotopic (exact) mass is 358 g/mol. The number of sulfonamides is 1. The van der Waals surface area contributed by atoms with Crippen molar-refractivity contribution in [1.82, 2.24) is 4.31 Å². The number of anilines is 1. The van der Waals surface area contributed by atoms with E-state index in [9.17, 15) is 13.2 Å². The maximum Gasteiger partial charge on any atom is 0.255 e. The molecule has 5 nitrogen and oxygen atoms in total. The summed E-state index contributed by atoms with van der Waals surface area (Å²) in [5.74, 6) is 0.161. The molecule has 1 N–H and O–H groups in total. The van der Waals surface area contributed by atoms with Crippen molar-refractivity contribution in [2.75, 3.05) is 18.4 Å². The van der Waals surface area contributed by atoms with Crippen molar-refractivity contribution in [1.29, 1.82) is 0 Å². The van der Waals surface area contributed by atoms with Gasteiger partial charge in [0.1, 0.15) is 0 Å². The Labute approximate surface area is 148 Å². The molecule has 0 unspecified atom stereocenters. The molecule has 1 heterocycles. The molecule has 0 aliphatic carbocycles. The van der Waals surface area contributed by atoms with Gasteiger partial charge in [-0.25, -0.2) is 8.42 Å². The molecule has 6 heteroatoms. The van der Waals surface area contributed by atoms with E-state index in [2.05, 4.69) is 12.2 Å². The standard InChI is InChI=1S/C19H22N2O3S/c1-15-6-5-13-21(14-15)25(23,24)18-11-9-17(10-12-18)20-19(22)16-7-3-2-4-8-16/h2-4,7-12,15H,5-6,13-14H2,1H3,(H,20,22)/t15-/m0/s1. The summed E-state index contributed by atoms with van der Waals surface area (Å²) in [6.45, 7) is 3.21. The summed E-state index contributed by atoms with van der Waals surface area (Å²) in [5.41, 5.74) is 1.13. The maximum atomic E-state index is 12.7. The van der Waals surface area contributed by atoms with Gasteiger partial charge in [0, 0.05) is 24.3 Å². The van der Waals surface area contributed by atoms with E-state index in [1.165, 1.54) is 0 Å². The largest absolute Gasteiger partial charge is 0.322 e. The summed E-state index contributed by atoms with van der Waals surface area (Å²) in [4.78, 5) is 12.4. The van der Waals surface area contributed by atoms with Crippen LogP contribution >= 0.6 is 0 Å². The van der Waals surface area contributed by atoms with Crippen LogP contribution in [0, 0.1) is 5.92 Å². The second-order valence-corrected chi connectivity index (χ2v) is 8.39. The second kappa shape index (κ2) is 7.37. The van der Waals surface area contributed by atoms with E-state index < -0.39 is 10.0 Å². The smallest absolute Gasteiger partial charge is 0.255 e. The third-order valence-electron chi connectivity index (χ3n) is 4.41. The molecule has 1 aliphatic heterocycles. The third-order valence-corrected chi connectivity index (χ3v) is 6.29. The number of hydrogen-bond donors (Lipinski definition) is 1. The number of benzene rings is 2. The molecule has 1 aliphatic rings. The predicted octanol–water partition coefficient (Wildman–Crippen LogP) is 3.36. The Morgan fingerprint density at radius 1 is 1.08 bits per heavy atom. The molecule has 3 rings (SSSR count). The predicted molar refractivity (Wildman–Crippen MR) is 98.0 cm³/mol. The summed E-state index contributed by atoms with van der Waals surface area (Å²) >= 11 is 0. The van der Waals surface area contributed by atoms with Crippen molar-refractivity contribution >= 4 is 21.6 Å². The fraction of sp³-hybridized carbons (Fsp3) is 0.316. The Kier molecular flexibility index (Phi) is 5.20. The van der Waals surface area contributed by atoms with Crippen LogP contribution in [-0.4, -0.2) is 31.7 Å². The van der Waals surface area contributed by atoms with E-state index in [0.29, 0.717) is 30.3 Å². The molecule has 0 saturated carbocycles. The van der Waals surface area contributed by atoms with Crippen LogP contribution in [0.15, 0.2) is 59.5 Å². The minimum atomic E-state index is -3.47. The van der Waals surface area contributed by atoms with Crippen molar-refractivity contribution < 1.29 is 13.2 Å². The summed E-state index contributed by atoms with van der Waals surface area (Å²) in [6.07, 6.45) is 1.96. The van der Waals surface area contributed by atoms with Crippen molar-refractivity contribution in [2.45, 2.75) is 24.7 Å². The summed E-state index contributed by atoms with van der Waals surface area (Å²) in [5, 5.41) is 2.78. The Morgan fingerprint density at radius 2 is 1.76 bits per heavy atom. The molecule has 0 radical (unpaired) electrons. The molecular weight excluding hydrogens is 336 g/mol. The first kappa shape index (κ1) is 17.6. The molecule has 2 aromatic carbocycles. The third kappa shape index (κ3) is 4.08. The van der Waals surface area contributed by atoms with E-state index in [0.717, 1.165) is 12.8 Å². The Morgan fingerprint density at radius 3 is 2.40 bits per heavy atom. The van der Waals surface area contributed by atoms with Gasteiger partial charge in [0.05, 0.1) is 4.90 Å². The van der Waals surface area contributed by atoms with Crippen LogP contribution in [0.1, 0.15) is 30.1 Å². The van der Waals surface area contributed by atoms with Crippen molar-refractivity contribution in [3.8, 4) is 0 Å². The van der Waals surface area contributed by atoms with Gasteiger partial charge >= 0.3 is 0 Å². The van der Waals surface area contributed by atoms with Crippen LogP contribution in [0.25, 0.3) is 0 Å². The SMILES string of the molecule is C[C@H]1CCCN(S(=O)(=O)c2ccc(NC(=O)c3ccccc3)cc2)C1. The van der Waals surface area contributed by atoms with Crippen molar-refractivity contribution in [2.24, 2.45) is 5.92 Å². The van der Waals surface area contributed by atoms with Crippen LogP contribution in [-0.2, 0) is 10.0 Å². The summed E-state index contributed by atoms with van der Waals surface area (Å²) in [7, 11) is -3.47. The Hall–Kier alpha value is -2.18. The van der Waals surface area contributed by atoms with E-state index in [1.807, 2.05) is 6.07 Å². The van der Waals surface area contributed by atoms with E-state index in [-0.39, 0.29) is 10.8 Å². The normalized spacial score (nSPS) is 18.7. The van der Waals surface area contributed by atoms with Crippen LogP contribution in [0.5, 0.6) is 0 Å². The molecule has 0 aromatic heterocycles. The van der Waals surface area contributed by atoms with Gasteiger partial charge < -0.3 is 5.32 Å². The topological polar surface area (TPSA) is 66.5 Å². The van der Waals surface area contributed by atoms with Crippen LogP contribution < -0.4 is 5.32 Å². The Balaban J connectivity index is 1.72. The zero-order chi connectivity index (χ0) is 17.9. The highest BCUT2D eigenvalue weighted by Gasteiger charge is 2.28. The molecule has 132 valence electrons. The first-order chi connectivity index (χ1) is 12.0. The van der Waals surface area contributed by atoms with Gasteiger partial charge in [-0.15, -0.1) is 0 Å². The lowest BCUT2D eigenvalue weighted by Gasteiger charge is -2.30.